The number of carboxylic acid groups (broad SMARTS) is 1. The number of carbonyl (C=O) groups is 2. The second kappa shape index (κ2) is 7.79. The van der Waals surface area contributed by atoms with Crippen LogP contribution < -0.4 is 4.74 Å². The van der Waals surface area contributed by atoms with E-state index in [0.717, 1.165) is 12.0 Å². The molecule has 1 N–H and O–H groups in total. The highest BCUT2D eigenvalue weighted by atomic mass is 16.5. The van der Waals surface area contributed by atoms with E-state index in [1.165, 1.54) is 0 Å². The Kier molecular flexibility index (Phi) is 5.77. The minimum Gasteiger partial charge on any atom is -0.483 e. The Morgan fingerprint density at radius 2 is 2.18 bits per heavy atom. The second-order valence-corrected chi connectivity index (χ2v) is 5.18. The zero-order valence-corrected chi connectivity index (χ0v) is 12.7. The second-order valence-electron chi connectivity index (χ2n) is 5.18. The Bertz CT molecular complexity index is 531. The number of benzene rings is 1. The summed E-state index contributed by atoms with van der Waals surface area (Å²) in [4.78, 5) is 24.5. The van der Waals surface area contributed by atoms with E-state index in [2.05, 4.69) is 0 Å². The van der Waals surface area contributed by atoms with Gasteiger partial charge in [0.05, 0.1) is 19.1 Å². The standard InChI is InChI=1S/C16H21NO5/c1-2-12-5-3-4-6-14(12)22-11-15(18)17-7-8-21-13(10-17)9-16(19)20/h3-6,13H,2,7-11H2,1H3,(H,19,20)/t13-/m1/s1. The SMILES string of the molecule is CCc1ccccc1OCC(=O)N1CCO[C@H](CC(=O)O)C1. The number of carbonyl (C=O) groups excluding carboxylic acids is 1. The first-order chi connectivity index (χ1) is 10.6. The van der Waals surface area contributed by atoms with Crippen LogP contribution >= 0.6 is 0 Å². The van der Waals surface area contributed by atoms with Crippen molar-refractivity contribution in [1.29, 1.82) is 0 Å². The van der Waals surface area contributed by atoms with Crippen molar-refractivity contribution in [2.24, 2.45) is 0 Å². The van der Waals surface area contributed by atoms with E-state index >= 15 is 0 Å². The Hall–Kier alpha value is -2.08. The normalized spacial score (nSPS) is 18.0. The zero-order chi connectivity index (χ0) is 15.9. The lowest BCUT2D eigenvalue weighted by Gasteiger charge is -2.32. The number of hydrogen-bond acceptors (Lipinski definition) is 4. The molecular weight excluding hydrogens is 286 g/mol. The first-order valence-corrected chi connectivity index (χ1v) is 7.42. The van der Waals surface area contributed by atoms with Gasteiger partial charge in [0.2, 0.25) is 0 Å². The summed E-state index contributed by atoms with van der Waals surface area (Å²) in [5, 5.41) is 8.79. The lowest BCUT2D eigenvalue weighted by molar-refractivity contribution is -0.148. The molecular formula is C16H21NO5. The summed E-state index contributed by atoms with van der Waals surface area (Å²) in [5.74, 6) is -0.356. The predicted octanol–water partition coefficient (Wildman–Crippen LogP) is 1.33. The van der Waals surface area contributed by atoms with Gasteiger partial charge in [0.25, 0.3) is 5.91 Å². The minimum absolute atomic E-state index is 0.0448. The molecule has 120 valence electrons. The van der Waals surface area contributed by atoms with Gasteiger partial charge < -0.3 is 19.5 Å². The molecule has 2 rings (SSSR count). The maximum absolute atomic E-state index is 12.2. The molecule has 1 fully saturated rings. The summed E-state index contributed by atoms with van der Waals surface area (Å²) in [6, 6.07) is 7.62. The number of aryl methyl sites for hydroxylation is 1. The lowest BCUT2D eigenvalue weighted by atomic mass is 10.1. The van der Waals surface area contributed by atoms with Gasteiger partial charge in [-0.15, -0.1) is 0 Å². The van der Waals surface area contributed by atoms with Crippen molar-refractivity contribution >= 4 is 11.9 Å². The summed E-state index contributed by atoms with van der Waals surface area (Å²) in [6.45, 7) is 3.10. The van der Waals surface area contributed by atoms with Crippen LogP contribution in [-0.2, 0) is 20.7 Å². The summed E-state index contributed by atoms with van der Waals surface area (Å²) in [5.41, 5.74) is 1.06. The molecule has 0 radical (unpaired) electrons. The fraction of sp³-hybridized carbons (Fsp3) is 0.500. The number of carboxylic acids is 1. The summed E-state index contributed by atoms with van der Waals surface area (Å²) >= 11 is 0. The van der Waals surface area contributed by atoms with Gasteiger partial charge in [-0.25, -0.2) is 0 Å². The lowest BCUT2D eigenvalue weighted by Crippen LogP contribution is -2.47. The van der Waals surface area contributed by atoms with Gasteiger partial charge in [0.1, 0.15) is 5.75 Å². The van der Waals surface area contributed by atoms with E-state index in [9.17, 15) is 9.59 Å². The summed E-state index contributed by atoms with van der Waals surface area (Å²) in [7, 11) is 0. The highest BCUT2D eigenvalue weighted by molar-refractivity contribution is 5.78. The maximum Gasteiger partial charge on any atom is 0.306 e. The van der Waals surface area contributed by atoms with E-state index in [0.29, 0.717) is 25.4 Å². The van der Waals surface area contributed by atoms with Crippen molar-refractivity contribution in [3.63, 3.8) is 0 Å². The van der Waals surface area contributed by atoms with Crippen molar-refractivity contribution in [1.82, 2.24) is 4.90 Å². The molecule has 0 bridgehead atoms. The number of aliphatic carboxylic acids is 1. The number of morpholine rings is 1. The fourth-order valence-corrected chi connectivity index (χ4v) is 2.43. The highest BCUT2D eigenvalue weighted by Crippen LogP contribution is 2.18. The van der Waals surface area contributed by atoms with Crippen molar-refractivity contribution in [2.75, 3.05) is 26.3 Å². The van der Waals surface area contributed by atoms with Crippen molar-refractivity contribution in [3.05, 3.63) is 29.8 Å². The Balaban J connectivity index is 1.87. The third-order valence-electron chi connectivity index (χ3n) is 3.60. The molecule has 1 heterocycles. The number of hydrogen-bond donors (Lipinski definition) is 1. The Morgan fingerprint density at radius 1 is 1.41 bits per heavy atom. The van der Waals surface area contributed by atoms with Crippen LogP contribution in [0.25, 0.3) is 0 Å². The van der Waals surface area contributed by atoms with Crippen LogP contribution in [0.5, 0.6) is 5.75 Å². The molecule has 0 aliphatic carbocycles. The third kappa shape index (κ3) is 4.46. The van der Waals surface area contributed by atoms with Gasteiger partial charge in [-0.05, 0) is 18.1 Å². The predicted molar refractivity (Wildman–Crippen MR) is 79.9 cm³/mol. The molecule has 1 aromatic carbocycles. The third-order valence-corrected chi connectivity index (χ3v) is 3.60. The molecule has 0 spiro atoms. The van der Waals surface area contributed by atoms with Gasteiger partial charge in [-0.3, -0.25) is 9.59 Å². The van der Waals surface area contributed by atoms with Crippen LogP contribution in [0.2, 0.25) is 0 Å². The molecule has 22 heavy (non-hydrogen) atoms. The maximum atomic E-state index is 12.2. The van der Waals surface area contributed by atoms with Gasteiger partial charge in [0, 0.05) is 13.1 Å². The fourth-order valence-electron chi connectivity index (χ4n) is 2.43. The van der Waals surface area contributed by atoms with Crippen molar-refractivity contribution in [3.8, 4) is 5.75 Å². The average Bonchev–Trinajstić information content (AvgIpc) is 2.52. The van der Waals surface area contributed by atoms with Crippen LogP contribution in [0.1, 0.15) is 18.9 Å². The molecule has 0 aromatic heterocycles. The van der Waals surface area contributed by atoms with Gasteiger partial charge in [-0.2, -0.15) is 0 Å². The Morgan fingerprint density at radius 3 is 2.91 bits per heavy atom. The number of ether oxygens (including phenoxy) is 2. The Labute approximate surface area is 129 Å². The monoisotopic (exact) mass is 307 g/mol. The van der Waals surface area contributed by atoms with E-state index in [4.69, 9.17) is 14.6 Å². The van der Waals surface area contributed by atoms with Crippen molar-refractivity contribution < 1.29 is 24.2 Å². The van der Waals surface area contributed by atoms with Crippen LogP contribution in [0.15, 0.2) is 24.3 Å². The van der Waals surface area contributed by atoms with Crippen molar-refractivity contribution in [2.45, 2.75) is 25.9 Å². The molecule has 1 aliphatic rings. The number of para-hydroxylation sites is 1. The molecule has 6 heteroatoms. The van der Waals surface area contributed by atoms with E-state index in [1.807, 2.05) is 31.2 Å². The highest BCUT2D eigenvalue weighted by Gasteiger charge is 2.26. The molecule has 0 unspecified atom stereocenters. The largest absolute Gasteiger partial charge is 0.483 e. The smallest absolute Gasteiger partial charge is 0.306 e. The summed E-state index contributed by atoms with van der Waals surface area (Å²) in [6.07, 6.45) is 0.296. The average molecular weight is 307 g/mol. The van der Waals surface area contributed by atoms with Gasteiger partial charge >= 0.3 is 5.97 Å². The van der Waals surface area contributed by atoms with E-state index in [1.54, 1.807) is 4.90 Å². The van der Waals surface area contributed by atoms with Crippen LogP contribution in [0.3, 0.4) is 0 Å². The zero-order valence-electron chi connectivity index (χ0n) is 12.7. The van der Waals surface area contributed by atoms with Crippen LogP contribution in [-0.4, -0.2) is 54.3 Å². The van der Waals surface area contributed by atoms with E-state index < -0.39 is 12.1 Å². The van der Waals surface area contributed by atoms with Gasteiger partial charge in [0.15, 0.2) is 6.61 Å². The molecule has 1 atom stereocenters. The molecule has 0 saturated carbocycles. The number of amides is 1. The first kappa shape index (κ1) is 16.3. The van der Waals surface area contributed by atoms with Crippen LogP contribution in [0.4, 0.5) is 0 Å². The van der Waals surface area contributed by atoms with Gasteiger partial charge in [-0.1, -0.05) is 25.1 Å². The molecule has 1 aromatic rings. The summed E-state index contributed by atoms with van der Waals surface area (Å²) < 4.78 is 11.0. The first-order valence-electron chi connectivity index (χ1n) is 7.42. The molecule has 1 amide bonds. The topological polar surface area (TPSA) is 76.1 Å². The minimum atomic E-state index is -0.924. The molecule has 1 aliphatic heterocycles. The van der Waals surface area contributed by atoms with E-state index in [-0.39, 0.29) is 18.9 Å². The van der Waals surface area contributed by atoms with Crippen LogP contribution in [0, 0.1) is 0 Å². The number of rotatable bonds is 6. The molecule has 6 nitrogen and oxygen atoms in total. The molecule has 1 saturated heterocycles. The number of nitrogens with zero attached hydrogens (tertiary/aromatic N) is 1. The quantitative estimate of drug-likeness (QED) is 0.858.